The highest BCUT2D eigenvalue weighted by molar-refractivity contribution is 7.14. The van der Waals surface area contributed by atoms with Gasteiger partial charge in [-0.2, -0.15) is 0 Å². The molecule has 0 saturated heterocycles. The molecule has 0 radical (unpaired) electrons. The van der Waals surface area contributed by atoms with Crippen molar-refractivity contribution in [1.82, 2.24) is 4.98 Å². The van der Waals surface area contributed by atoms with Crippen molar-refractivity contribution >= 4 is 33.8 Å². The van der Waals surface area contributed by atoms with E-state index in [9.17, 15) is 4.79 Å². The summed E-state index contributed by atoms with van der Waals surface area (Å²) >= 11 is 2.74. The summed E-state index contributed by atoms with van der Waals surface area (Å²) in [6.45, 7) is 0. The number of aromatic carboxylic acids is 1. The number of nitrogens with two attached hydrogens (primary N) is 1. The number of thiophene rings is 1. The van der Waals surface area contributed by atoms with E-state index in [2.05, 4.69) is 4.98 Å². The van der Waals surface area contributed by atoms with E-state index in [4.69, 9.17) is 10.8 Å². The number of anilines is 1. The molecule has 0 saturated carbocycles. The highest BCUT2D eigenvalue weighted by atomic mass is 32.1. The fraction of sp³-hybridized carbons (Fsp3) is 0.200. The molecule has 0 atom stereocenters. The van der Waals surface area contributed by atoms with Crippen molar-refractivity contribution in [3.05, 3.63) is 33.0 Å². The minimum Gasteiger partial charge on any atom is -0.477 e. The Morgan fingerprint density at radius 3 is 2.81 bits per heavy atom. The minimum absolute atomic E-state index is 0.382. The van der Waals surface area contributed by atoms with Gasteiger partial charge in [-0.05, 0) is 25.0 Å². The molecule has 3 N–H and O–H groups in total. The van der Waals surface area contributed by atoms with E-state index >= 15 is 0 Å². The molecule has 0 spiro atoms. The van der Waals surface area contributed by atoms with Gasteiger partial charge in [-0.1, -0.05) is 0 Å². The molecule has 16 heavy (non-hydrogen) atoms. The maximum Gasteiger partial charge on any atom is 0.345 e. The number of nitrogen functional groups attached to an aromatic ring is 1. The zero-order valence-corrected chi connectivity index (χ0v) is 9.98. The maximum absolute atomic E-state index is 10.7. The van der Waals surface area contributed by atoms with Gasteiger partial charge < -0.3 is 10.8 Å². The Bertz CT molecular complexity index is 504. The predicted octanol–water partition coefficient (Wildman–Crippen LogP) is 2.27. The number of carbonyl (C=O) groups is 1. The molecule has 6 heteroatoms. The first-order valence-corrected chi connectivity index (χ1v) is 6.36. The molecule has 84 valence electrons. The molecular formula is C10H10N2O2S2. The molecule has 0 bridgehead atoms. The summed E-state index contributed by atoms with van der Waals surface area (Å²) in [4.78, 5) is 16.3. The fourth-order valence-corrected chi connectivity index (χ4v) is 2.76. The number of nitrogens with zero attached hydrogens (tertiary/aromatic N) is 1. The van der Waals surface area contributed by atoms with Crippen LogP contribution in [0.15, 0.2) is 17.5 Å². The molecule has 0 aliphatic heterocycles. The Morgan fingerprint density at radius 2 is 2.25 bits per heavy atom. The van der Waals surface area contributed by atoms with Gasteiger partial charge in [0.2, 0.25) is 0 Å². The number of rotatable bonds is 4. The third-order valence-corrected chi connectivity index (χ3v) is 3.93. The van der Waals surface area contributed by atoms with Crippen LogP contribution in [0.5, 0.6) is 0 Å². The van der Waals surface area contributed by atoms with Crippen LogP contribution in [0.3, 0.4) is 0 Å². The maximum atomic E-state index is 10.7. The van der Waals surface area contributed by atoms with E-state index in [1.54, 1.807) is 6.07 Å². The van der Waals surface area contributed by atoms with E-state index < -0.39 is 5.97 Å². The summed E-state index contributed by atoms with van der Waals surface area (Å²) in [6, 6.07) is 3.49. The third-order valence-electron chi connectivity index (χ3n) is 2.07. The van der Waals surface area contributed by atoms with Crippen LogP contribution in [0.2, 0.25) is 0 Å². The lowest BCUT2D eigenvalue weighted by Gasteiger charge is -1.93. The summed E-state index contributed by atoms with van der Waals surface area (Å²) in [7, 11) is 0. The molecule has 0 aliphatic rings. The van der Waals surface area contributed by atoms with Crippen molar-refractivity contribution in [3.63, 3.8) is 0 Å². The van der Waals surface area contributed by atoms with Crippen LogP contribution in [0.1, 0.15) is 20.2 Å². The second-order valence-electron chi connectivity index (χ2n) is 3.25. The Labute approximate surface area is 100 Å². The smallest absolute Gasteiger partial charge is 0.345 e. The van der Waals surface area contributed by atoms with Crippen molar-refractivity contribution in [2.75, 3.05) is 5.73 Å². The number of hydrogen-bond acceptors (Lipinski definition) is 5. The third kappa shape index (κ3) is 2.59. The van der Waals surface area contributed by atoms with E-state index in [0.717, 1.165) is 23.4 Å². The molecule has 2 rings (SSSR count). The molecule has 2 heterocycles. The van der Waals surface area contributed by atoms with Crippen LogP contribution >= 0.6 is 22.7 Å². The Kier molecular flexibility index (Phi) is 3.21. The zero-order valence-electron chi connectivity index (χ0n) is 8.34. The van der Waals surface area contributed by atoms with Gasteiger partial charge in [-0.3, -0.25) is 0 Å². The van der Waals surface area contributed by atoms with Gasteiger partial charge in [-0.15, -0.1) is 22.7 Å². The van der Waals surface area contributed by atoms with Crippen molar-refractivity contribution < 1.29 is 9.90 Å². The standard InChI is InChI=1S/C10H10N2O2S2/c11-10-12-6(5-15-10)1-2-7-3-4-8(16-7)9(13)14/h3-5H,1-2H2,(H2,11,12)(H,13,14). The van der Waals surface area contributed by atoms with Gasteiger partial charge in [0.25, 0.3) is 0 Å². The molecule has 0 amide bonds. The molecule has 0 aliphatic carbocycles. The van der Waals surface area contributed by atoms with Crippen LogP contribution in [-0.4, -0.2) is 16.1 Å². The average molecular weight is 254 g/mol. The summed E-state index contributed by atoms with van der Waals surface area (Å²) in [6.07, 6.45) is 1.61. The number of carboxylic acids is 1. The number of thiazole rings is 1. The first-order valence-electron chi connectivity index (χ1n) is 4.67. The second-order valence-corrected chi connectivity index (χ2v) is 5.31. The normalized spacial score (nSPS) is 10.5. The SMILES string of the molecule is Nc1nc(CCc2ccc(C(=O)O)s2)cs1. The van der Waals surface area contributed by atoms with Gasteiger partial charge in [0.1, 0.15) is 4.88 Å². The van der Waals surface area contributed by atoms with Crippen molar-refractivity contribution in [3.8, 4) is 0 Å². The number of aryl methyl sites for hydroxylation is 2. The first kappa shape index (κ1) is 11.1. The molecule has 0 unspecified atom stereocenters. The van der Waals surface area contributed by atoms with Crippen molar-refractivity contribution in [2.24, 2.45) is 0 Å². The van der Waals surface area contributed by atoms with E-state index in [0.29, 0.717) is 10.0 Å². The summed E-state index contributed by atoms with van der Waals surface area (Å²) in [5.74, 6) is -0.867. The van der Waals surface area contributed by atoms with Gasteiger partial charge in [-0.25, -0.2) is 9.78 Å². The van der Waals surface area contributed by atoms with Crippen molar-refractivity contribution in [1.29, 1.82) is 0 Å². The lowest BCUT2D eigenvalue weighted by atomic mass is 10.2. The lowest BCUT2D eigenvalue weighted by molar-refractivity contribution is 0.0702. The van der Waals surface area contributed by atoms with Gasteiger partial charge >= 0.3 is 5.97 Å². The summed E-state index contributed by atoms with van der Waals surface area (Å²) in [5.41, 5.74) is 6.49. The Hall–Kier alpha value is -1.40. The Morgan fingerprint density at radius 1 is 1.44 bits per heavy atom. The zero-order chi connectivity index (χ0) is 11.5. The molecule has 2 aromatic heterocycles. The highest BCUT2D eigenvalue weighted by Crippen LogP contribution is 2.19. The van der Waals surface area contributed by atoms with Crippen LogP contribution < -0.4 is 5.73 Å². The molecule has 4 nitrogen and oxygen atoms in total. The lowest BCUT2D eigenvalue weighted by Crippen LogP contribution is -1.91. The first-order chi connectivity index (χ1) is 7.65. The van der Waals surface area contributed by atoms with Gasteiger partial charge in [0.05, 0.1) is 5.69 Å². The van der Waals surface area contributed by atoms with Crippen molar-refractivity contribution in [2.45, 2.75) is 12.8 Å². The van der Waals surface area contributed by atoms with Crippen LogP contribution in [0.25, 0.3) is 0 Å². The fourth-order valence-electron chi connectivity index (χ4n) is 1.32. The number of aromatic nitrogens is 1. The summed E-state index contributed by atoms with van der Waals surface area (Å²) < 4.78 is 0. The molecule has 0 fully saturated rings. The van der Waals surface area contributed by atoms with Gasteiger partial charge in [0.15, 0.2) is 5.13 Å². The van der Waals surface area contributed by atoms with E-state index in [1.807, 2.05) is 11.4 Å². The molecule has 2 aromatic rings. The van der Waals surface area contributed by atoms with Gasteiger partial charge in [0, 0.05) is 10.3 Å². The van der Waals surface area contributed by atoms with Crippen LogP contribution in [0.4, 0.5) is 5.13 Å². The largest absolute Gasteiger partial charge is 0.477 e. The quantitative estimate of drug-likeness (QED) is 0.877. The van der Waals surface area contributed by atoms with Crippen LogP contribution in [-0.2, 0) is 12.8 Å². The summed E-state index contributed by atoms with van der Waals surface area (Å²) in [5, 5.41) is 11.3. The second kappa shape index (κ2) is 4.63. The van der Waals surface area contributed by atoms with E-state index in [1.165, 1.54) is 22.7 Å². The minimum atomic E-state index is -0.867. The average Bonchev–Trinajstić information content (AvgIpc) is 2.83. The van der Waals surface area contributed by atoms with Crippen LogP contribution in [0, 0.1) is 0 Å². The predicted molar refractivity (Wildman–Crippen MR) is 65.2 cm³/mol. The highest BCUT2D eigenvalue weighted by Gasteiger charge is 2.07. The monoisotopic (exact) mass is 254 g/mol. The molecular weight excluding hydrogens is 244 g/mol. The molecule has 0 aromatic carbocycles. The number of hydrogen-bond donors (Lipinski definition) is 2. The Balaban J connectivity index is 1.97. The van der Waals surface area contributed by atoms with E-state index in [-0.39, 0.29) is 0 Å². The topological polar surface area (TPSA) is 76.2 Å². The number of carboxylic acid groups (broad SMARTS) is 1.